The number of rotatable bonds is 8. The van der Waals surface area contributed by atoms with Crippen molar-refractivity contribution in [1.82, 2.24) is 20.3 Å². The lowest BCUT2D eigenvalue weighted by molar-refractivity contribution is 0.579. The number of hydrogen-bond acceptors (Lipinski definition) is 4. The molecule has 0 atom stereocenters. The summed E-state index contributed by atoms with van der Waals surface area (Å²) in [6.45, 7) is 0.755. The van der Waals surface area contributed by atoms with Crippen molar-refractivity contribution in [1.29, 1.82) is 0 Å². The van der Waals surface area contributed by atoms with Gasteiger partial charge in [-0.2, -0.15) is 0 Å². The van der Waals surface area contributed by atoms with Crippen LogP contribution >= 0.6 is 0 Å². The summed E-state index contributed by atoms with van der Waals surface area (Å²) in [5.74, 6) is -0.534. The van der Waals surface area contributed by atoms with Gasteiger partial charge in [0.25, 0.3) is 0 Å². The van der Waals surface area contributed by atoms with Crippen LogP contribution < -0.4 is 15.4 Å². The minimum Gasteiger partial charge on any atom is -0.356 e. The monoisotopic (exact) mass is 397 g/mol. The fraction of sp³-hybridized carbons (Fsp3) is 0.294. The lowest BCUT2D eigenvalue weighted by atomic mass is 10.1. The lowest BCUT2D eigenvalue weighted by Gasteiger charge is -2.12. The summed E-state index contributed by atoms with van der Waals surface area (Å²) in [7, 11) is -2.06. The second-order valence-electron chi connectivity index (χ2n) is 5.50. The average molecular weight is 397 g/mol. The van der Waals surface area contributed by atoms with E-state index in [1.807, 2.05) is 0 Å². The number of nitrogens with one attached hydrogen (secondary N) is 3. The molecule has 1 heterocycles. The van der Waals surface area contributed by atoms with Gasteiger partial charge in [-0.1, -0.05) is 0 Å². The maximum atomic E-state index is 13.6. The van der Waals surface area contributed by atoms with E-state index >= 15 is 0 Å². The van der Waals surface area contributed by atoms with Crippen LogP contribution in [-0.2, 0) is 16.4 Å². The van der Waals surface area contributed by atoms with Crippen LogP contribution in [0.2, 0.25) is 0 Å². The molecule has 2 rings (SSSR count). The average Bonchev–Trinajstić information content (AvgIpc) is 2.67. The highest BCUT2D eigenvalue weighted by Crippen LogP contribution is 2.09. The molecule has 0 spiro atoms. The molecule has 146 valence electrons. The van der Waals surface area contributed by atoms with E-state index in [1.54, 1.807) is 13.1 Å². The fourth-order valence-electron chi connectivity index (χ4n) is 2.23. The van der Waals surface area contributed by atoms with Crippen LogP contribution in [0.3, 0.4) is 0 Å². The van der Waals surface area contributed by atoms with Crippen LogP contribution in [0.25, 0.3) is 0 Å². The van der Waals surface area contributed by atoms with Gasteiger partial charge in [0, 0.05) is 39.1 Å². The molecule has 27 heavy (non-hydrogen) atoms. The SMILES string of the molecule is CN=C(NCCNS(=O)(=O)c1cccnc1)NCCc1cc(F)ccc1F. The van der Waals surface area contributed by atoms with Crippen molar-refractivity contribution < 1.29 is 17.2 Å². The Morgan fingerprint density at radius 1 is 1.15 bits per heavy atom. The molecule has 0 aliphatic carbocycles. The van der Waals surface area contributed by atoms with E-state index in [-0.39, 0.29) is 30.0 Å². The number of aliphatic imine (C=N–C) groups is 1. The van der Waals surface area contributed by atoms with Gasteiger partial charge >= 0.3 is 0 Å². The van der Waals surface area contributed by atoms with E-state index in [9.17, 15) is 17.2 Å². The third-order valence-corrected chi connectivity index (χ3v) is 5.02. The quantitative estimate of drug-likeness (QED) is 0.352. The molecule has 0 fully saturated rings. The van der Waals surface area contributed by atoms with Gasteiger partial charge in [-0.25, -0.2) is 21.9 Å². The molecule has 0 amide bonds. The molecule has 0 radical (unpaired) electrons. The minimum atomic E-state index is -3.62. The molecule has 3 N–H and O–H groups in total. The molecule has 1 aromatic heterocycles. The maximum absolute atomic E-state index is 13.6. The molecule has 0 bridgehead atoms. The van der Waals surface area contributed by atoms with E-state index in [2.05, 4.69) is 25.3 Å². The summed E-state index contributed by atoms with van der Waals surface area (Å²) in [6.07, 6.45) is 3.03. The van der Waals surface area contributed by atoms with Gasteiger partial charge in [0.2, 0.25) is 10.0 Å². The van der Waals surface area contributed by atoms with Gasteiger partial charge in [-0.05, 0) is 42.3 Å². The molecule has 0 unspecified atom stereocenters. The van der Waals surface area contributed by atoms with Gasteiger partial charge in [0.1, 0.15) is 16.5 Å². The highest BCUT2D eigenvalue weighted by atomic mass is 32.2. The number of pyridine rings is 1. The number of guanidine groups is 1. The smallest absolute Gasteiger partial charge is 0.242 e. The number of aromatic nitrogens is 1. The first kappa shape index (κ1) is 20.7. The summed E-state index contributed by atoms with van der Waals surface area (Å²) >= 11 is 0. The van der Waals surface area contributed by atoms with Gasteiger partial charge < -0.3 is 10.6 Å². The zero-order valence-electron chi connectivity index (χ0n) is 14.7. The summed E-state index contributed by atoms with van der Waals surface area (Å²) in [5.41, 5.74) is 0.266. The molecule has 2 aromatic rings. The standard InChI is InChI=1S/C17H21F2N5O2S/c1-20-17(22-8-6-13-11-14(18)4-5-16(13)19)23-9-10-24-27(25,26)15-3-2-7-21-12-15/h2-5,7,11-12,24H,6,8-10H2,1H3,(H2,20,22,23). The number of benzene rings is 1. The molecule has 0 aliphatic rings. The van der Waals surface area contributed by atoms with E-state index < -0.39 is 21.7 Å². The van der Waals surface area contributed by atoms with Crippen LogP contribution in [0.4, 0.5) is 8.78 Å². The van der Waals surface area contributed by atoms with Crippen molar-refractivity contribution >= 4 is 16.0 Å². The Kier molecular flexibility index (Phi) is 7.62. The molecule has 1 aromatic carbocycles. The zero-order valence-corrected chi connectivity index (χ0v) is 15.6. The maximum Gasteiger partial charge on any atom is 0.242 e. The lowest BCUT2D eigenvalue weighted by Crippen LogP contribution is -2.42. The van der Waals surface area contributed by atoms with E-state index in [4.69, 9.17) is 0 Å². The molecular weight excluding hydrogens is 376 g/mol. The van der Waals surface area contributed by atoms with Crippen molar-refractivity contribution in [2.75, 3.05) is 26.7 Å². The van der Waals surface area contributed by atoms with E-state index in [1.165, 1.54) is 18.5 Å². The van der Waals surface area contributed by atoms with Crippen molar-refractivity contribution in [2.24, 2.45) is 4.99 Å². The van der Waals surface area contributed by atoms with Crippen LogP contribution in [0, 0.1) is 11.6 Å². The number of hydrogen-bond donors (Lipinski definition) is 3. The Morgan fingerprint density at radius 3 is 2.63 bits per heavy atom. The van der Waals surface area contributed by atoms with Gasteiger partial charge in [-0.3, -0.25) is 9.98 Å². The van der Waals surface area contributed by atoms with Crippen molar-refractivity contribution in [3.8, 4) is 0 Å². The Morgan fingerprint density at radius 2 is 1.93 bits per heavy atom. The minimum absolute atomic E-state index is 0.0876. The topological polar surface area (TPSA) is 95.5 Å². The predicted molar refractivity (Wildman–Crippen MR) is 98.9 cm³/mol. The Hall–Kier alpha value is -2.59. The summed E-state index contributed by atoms with van der Waals surface area (Å²) in [6, 6.07) is 6.31. The Labute approximate surface area is 157 Å². The van der Waals surface area contributed by atoms with Crippen molar-refractivity contribution in [3.05, 3.63) is 59.9 Å². The second kappa shape index (κ2) is 9.93. The van der Waals surface area contributed by atoms with Crippen molar-refractivity contribution in [2.45, 2.75) is 11.3 Å². The van der Waals surface area contributed by atoms with Gasteiger partial charge in [-0.15, -0.1) is 0 Å². The zero-order chi connectivity index (χ0) is 19.7. The second-order valence-corrected chi connectivity index (χ2v) is 7.26. The van der Waals surface area contributed by atoms with E-state index in [0.717, 1.165) is 18.2 Å². The van der Waals surface area contributed by atoms with Crippen LogP contribution in [0.5, 0.6) is 0 Å². The summed E-state index contributed by atoms with van der Waals surface area (Å²) in [5, 5.41) is 5.89. The molecule has 0 aliphatic heterocycles. The molecule has 10 heteroatoms. The van der Waals surface area contributed by atoms with E-state index in [0.29, 0.717) is 12.5 Å². The van der Waals surface area contributed by atoms with Gasteiger partial charge in [0.15, 0.2) is 5.96 Å². The predicted octanol–water partition coefficient (Wildman–Crippen LogP) is 1.05. The van der Waals surface area contributed by atoms with Gasteiger partial charge in [0.05, 0.1) is 0 Å². The first-order valence-electron chi connectivity index (χ1n) is 8.20. The Bertz CT molecular complexity index is 876. The molecule has 0 saturated carbocycles. The first-order valence-corrected chi connectivity index (χ1v) is 9.69. The molecule has 0 saturated heterocycles. The Balaban J connectivity index is 1.73. The fourth-order valence-corrected chi connectivity index (χ4v) is 3.22. The number of sulfonamides is 1. The summed E-state index contributed by atoms with van der Waals surface area (Å²) < 4.78 is 53.2. The number of nitrogens with zero attached hydrogens (tertiary/aromatic N) is 2. The van der Waals surface area contributed by atoms with Crippen LogP contribution in [0.15, 0.2) is 52.6 Å². The highest BCUT2D eigenvalue weighted by Gasteiger charge is 2.12. The van der Waals surface area contributed by atoms with Crippen molar-refractivity contribution in [3.63, 3.8) is 0 Å². The highest BCUT2D eigenvalue weighted by molar-refractivity contribution is 7.89. The van der Waals surface area contributed by atoms with Crippen LogP contribution in [-0.4, -0.2) is 46.0 Å². The molecule has 7 nitrogen and oxygen atoms in total. The first-order chi connectivity index (χ1) is 12.9. The molecular formula is C17H21F2N5O2S. The van der Waals surface area contributed by atoms with Crippen LogP contribution in [0.1, 0.15) is 5.56 Å². The normalized spacial score (nSPS) is 12.0. The third kappa shape index (κ3) is 6.57. The number of halogens is 2. The third-order valence-electron chi connectivity index (χ3n) is 3.57. The summed E-state index contributed by atoms with van der Waals surface area (Å²) in [4.78, 5) is 7.86. The largest absolute Gasteiger partial charge is 0.356 e.